The summed E-state index contributed by atoms with van der Waals surface area (Å²) >= 11 is 4.53. The van der Waals surface area contributed by atoms with Crippen LogP contribution in [0.3, 0.4) is 0 Å². The Kier molecular flexibility index (Phi) is 2.89. The number of amides is 1. The van der Waals surface area contributed by atoms with E-state index in [2.05, 4.69) is 12.6 Å². The zero-order chi connectivity index (χ0) is 12.0. The third kappa shape index (κ3) is 2.47. The summed E-state index contributed by atoms with van der Waals surface area (Å²) in [5, 5.41) is 0.446. The fourth-order valence-corrected chi connectivity index (χ4v) is 2.84. The van der Waals surface area contributed by atoms with Crippen LogP contribution in [0.5, 0.6) is 0 Å². The van der Waals surface area contributed by atoms with Gasteiger partial charge in [-0.05, 0) is 46.5 Å². The van der Waals surface area contributed by atoms with E-state index in [-0.39, 0.29) is 11.6 Å². The second kappa shape index (κ2) is 3.83. The van der Waals surface area contributed by atoms with Crippen LogP contribution >= 0.6 is 12.6 Å². The molecule has 1 amide bonds. The molecule has 1 saturated heterocycles. The van der Waals surface area contributed by atoms with Gasteiger partial charge < -0.3 is 9.64 Å². The molecule has 0 bridgehead atoms. The summed E-state index contributed by atoms with van der Waals surface area (Å²) in [7, 11) is 0. The molecule has 1 unspecified atom stereocenters. The molecule has 1 aliphatic heterocycles. The van der Waals surface area contributed by atoms with Crippen molar-refractivity contribution >= 4 is 18.7 Å². The van der Waals surface area contributed by atoms with Gasteiger partial charge in [0.05, 0.1) is 0 Å². The summed E-state index contributed by atoms with van der Waals surface area (Å²) in [6.07, 6.45) is 4.08. The van der Waals surface area contributed by atoms with Gasteiger partial charge in [-0.1, -0.05) is 0 Å². The summed E-state index contributed by atoms with van der Waals surface area (Å²) < 4.78 is 5.45. The molecule has 0 aromatic carbocycles. The van der Waals surface area contributed by atoms with Crippen LogP contribution in [0.2, 0.25) is 0 Å². The number of thiol groups is 1. The lowest BCUT2D eigenvalue weighted by Crippen LogP contribution is -2.50. The largest absolute Gasteiger partial charge is 0.444 e. The lowest BCUT2D eigenvalue weighted by atomic mass is 10.00. The van der Waals surface area contributed by atoms with Crippen LogP contribution in [0.15, 0.2) is 0 Å². The van der Waals surface area contributed by atoms with E-state index in [1.54, 1.807) is 0 Å². The first-order valence-electron chi connectivity index (χ1n) is 6.01. The van der Waals surface area contributed by atoms with E-state index in [4.69, 9.17) is 4.74 Å². The highest BCUT2D eigenvalue weighted by atomic mass is 32.1. The molecule has 0 aromatic heterocycles. The summed E-state index contributed by atoms with van der Waals surface area (Å²) in [6.45, 7) is 6.53. The maximum Gasteiger partial charge on any atom is 0.410 e. The zero-order valence-corrected chi connectivity index (χ0v) is 11.2. The molecule has 0 aromatic rings. The SMILES string of the molecule is CC(C)(C)OC(=O)N1CCC(S)CC12CC2. The average Bonchev–Trinajstić information content (AvgIpc) is 2.81. The summed E-state index contributed by atoms with van der Waals surface area (Å²) in [6, 6.07) is 0. The quantitative estimate of drug-likeness (QED) is 0.663. The molecular formula is C12H21NO2S. The predicted octanol–water partition coefficient (Wildman–Crippen LogP) is 2.85. The molecular weight excluding hydrogens is 222 g/mol. The van der Waals surface area contributed by atoms with E-state index in [1.807, 2.05) is 25.7 Å². The van der Waals surface area contributed by atoms with Gasteiger partial charge in [0.15, 0.2) is 0 Å². The fourth-order valence-electron chi connectivity index (χ4n) is 2.39. The Morgan fingerprint density at radius 3 is 2.56 bits per heavy atom. The Morgan fingerprint density at radius 1 is 1.44 bits per heavy atom. The van der Waals surface area contributed by atoms with E-state index < -0.39 is 5.60 Å². The molecule has 92 valence electrons. The van der Waals surface area contributed by atoms with Gasteiger partial charge in [0, 0.05) is 17.3 Å². The molecule has 2 aliphatic rings. The Morgan fingerprint density at radius 2 is 2.06 bits per heavy atom. The topological polar surface area (TPSA) is 29.5 Å². The van der Waals surface area contributed by atoms with Gasteiger partial charge in [-0.25, -0.2) is 4.79 Å². The van der Waals surface area contributed by atoms with E-state index in [1.165, 1.54) is 0 Å². The summed E-state index contributed by atoms with van der Waals surface area (Å²) in [5.41, 5.74) is -0.308. The molecule has 1 saturated carbocycles. The van der Waals surface area contributed by atoms with Crippen LogP contribution in [0, 0.1) is 0 Å². The third-order valence-electron chi connectivity index (χ3n) is 3.32. The second-order valence-electron chi connectivity index (χ2n) is 6.00. The van der Waals surface area contributed by atoms with E-state index in [9.17, 15) is 4.79 Å². The summed E-state index contributed by atoms with van der Waals surface area (Å²) in [4.78, 5) is 14.0. The van der Waals surface area contributed by atoms with Crippen molar-refractivity contribution in [3.8, 4) is 0 Å². The summed E-state index contributed by atoms with van der Waals surface area (Å²) in [5.74, 6) is 0. The van der Waals surface area contributed by atoms with Crippen LogP contribution in [0.4, 0.5) is 4.79 Å². The number of rotatable bonds is 0. The number of carbonyl (C=O) groups is 1. The predicted molar refractivity (Wildman–Crippen MR) is 66.9 cm³/mol. The van der Waals surface area contributed by atoms with Crippen molar-refractivity contribution in [1.29, 1.82) is 0 Å². The second-order valence-corrected chi connectivity index (χ2v) is 6.73. The van der Waals surface area contributed by atoms with Gasteiger partial charge >= 0.3 is 6.09 Å². The van der Waals surface area contributed by atoms with E-state index in [0.29, 0.717) is 5.25 Å². The standard InChI is InChI=1S/C12H21NO2S/c1-11(2,3)15-10(14)13-7-4-9(16)8-12(13)5-6-12/h9,16H,4-8H2,1-3H3. The molecule has 2 fully saturated rings. The van der Waals surface area contributed by atoms with E-state index in [0.717, 1.165) is 32.2 Å². The number of hydrogen-bond donors (Lipinski definition) is 1. The number of piperidine rings is 1. The molecule has 3 nitrogen and oxygen atoms in total. The molecule has 1 aliphatic carbocycles. The minimum Gasteiger partial charge on any atom is -0.444 e. The van der Waals surface area contributed by atoms with Gasteiger partial charge in [-0.3, -0.25) is 0 Å². The Balaban J connectivity index is 2.01. The molecule has 0 N–H and O–H groups in total. The van der Waals surface area contributed by atoms with Crippen molar-refractivity contribution in [2.75, 3.05) is 6.54 Å². The van der Waals surface area contributed by atoms with Crippen molar-refractivity contribution in [2.24, 2.45) is 0 Å². The molecule has 1 heterocycles. The number of hydrogen-bond acceptors (Lipinski definition) is 3. The minimum absolute atomic E-state index is 0.0903. The van der Waals surface area contributed by atoms with Crippen LogP contribution in [-0.4, -0.2) is 33.9 Å². The molecule has 0 radical (unpaired) electrons. The van der Waals surface area contributed by atoms with Crippen molar-refractivity contribution in [2.45, 2.75) is 62.8 Å². The van der Waals surface area contributed by atoms with Gasteiger partial charge in [0.1, 0.15) is 5.60 Å². The van der Waals surface area contributed by atoms with Gasteiger partial charge in [-0.15, -0.1) is 0 Å². The Bertz CT molecular complexity index is 294. The number of ether oxygens (including phenoxy) is 1. The normalized spacial score (nSPS) is 28.0. The average molecular weight is 243 g/mol. The Labute approximate surface area is 103 Å². The third-order valence-corrected chi connectivity index (χ3v) is 3.76. The monoisotopic (exact) mass is 243 g/mol. The van der Waals surface area contributed by atoms with Crippen LogP contribution in [0.1, 0.15) is 46.5 Å². The zero-order valence-electron chi connectivity index (χ0n) is 10.3. The maximum atomic E-state index is 12.1. The van der Waals surface area contributed by atoms with Crippen LogP contribution < -0.4 is 0 Å². The van der Waals surface area contributed by atoms with Crippen molar-refractivity contribution in [1.82, 2.24) is 4.90 Å². The van der Waals surface area contributed by atoms with Crippen LogP contribution in [0.25, 0.3) is 0 Å². The molecule has 2 rings (SSSR count). The fraction of sp³-hybridized carbons (Fsp3) is 0.917. The lowest BCUT2D eigenvalue weighted by molar-refractivity contribution is 0.00652. The number of carbonyl (C=O) groups excluding carboxylic acids is 1. The molecule has 16 heavy (non-hydrogen) atoms. The highest BCUT2D eigenvalue weighted by Crippen LogP contribution is 2.49. The van der Waals surface area contributed by atoms with Crippen molar-refractivity contribution in [3.63, 3.8) is 0 Å². The Hall–Kier alpha value is -0.380. The van der Waals surface area contributed by atoms with Gasteiger partial charge in [-0.2, -0.15) is 12.6 Å². The molecule has 1 atom stereocenters. The lowest BCUT2D eigenvalue weighted by Gasteiger charge is -2.39. The van der Waals surface area contributed by atoms with Crippen molar-refractivity contribution in [3.05, 3.63) is 0 Å². The first-order valence-corrected chi connectivity index (χ1v) is 6.53. The first kappa shape index (κ1) is 12.1. The van der Waals surface area contributed by atoms with Gasteiger partial charge in [0.2, 0.25) is 0 Å². The smallest absolute Gasteiger partial charge is 0.410 e. The number of nitrogens with zero attached hydrogens (tertiary/aromatic N) is 1. The minimum atomic E-state index is -0.398. The molecule has 1 spiro atoms. The van der Waals surface area contributed by atoms with Crippen molar-refractivity contribution < 1.29 is 9.53 Å². The van der Waals surface area contributed by atoms with E-state index >= 15 is 0 Å². The molecule has 4 heteroatoms. The maximum absolute atomic E-state index is 12.1. The first-order chi connectivity index (χ1) is 7.32. The highest BCUT2D eigenvalue weighted by molar-refractivity contribution is 7.80. The number of likely N-dealkylation sites (tertiary alicyclic amines) is 1. The van der Waals surface area contributed by atoms with Gasteiger partial charge in [0.25, 0.3) is 0 Å². The van der Waals surface area contributed by atoms with Crippen LogP contribution in [-0.2, 0) is 4.74 Å². The highest BCUT2D eigenvalue weighted by Gasteiger charge is 2.53.